The van der Waals surface area contributed by atoms with Gasteiger partial charge in [0.25, 0.3) is 5.78 Å². The van der Waals surface area contributed by atoms with Gasteiger partial charge in [-0.15, -0.1) is 10.2 Å². The monoisotopic (exact) mass is 336 g/mol. The van der Waals surface area contributed by atoms with E-state index < -0.39 is 11.5 Å². The van der Waals surface area contributed by atoms with Crippen LogP contribution >= 0.6 is 0 Å². The highest BCUT2D eigenvalue weighted by Gasteiger charge is 2.48. The largest absolute Gasteiger partial charge is 0.389 e. The van der Waals surface area contributed by atoms with Crippen LogP contribution in [0, 0.1) is 12.8 Å². The number of carbonyl (C=O) groups excluding carboxylic acids is 1. The Labute approximate surface area is 145 Å². The van der Waals surface area contributed by atoms with Gasteiger partial charge in [0.2, 0.25) is 0 Å². The summed E-state index contributed by atoms with van der Waals surface area (Å²) in [7, 11) is 0. The van der Waals surface area contributed by atoms with Gasteiger partial charge < -0.3 is 5.11 Å². The SMILES string of the molecule is CC(=O)C1C(c2ccccc2)c2c(nc3nncn3c2C)CC1(C)O. The molecule has 1 aliphatic rings. The van der Waals surface area contributed by atoms with Crippen LogP contribution in [-0.2, 0) is 11.2 Å². The van der Waals surface area contributed by atoms with Gasteiger partial charge in [-0.3, -0.25) is 9.20 Å². The van der Waals surface area contributed by atoms with E-state index in [0.717, 1.165) is 22.5 Å². The van der Waals surface area contributed by atoms with Crippen LogP contribution in [0.15, 0.2) is 36.7 Å². The first kappa shape index (κ1) is 15.9. The lowest BCUT2D eigenvalue weighted by Crippen LogP contribution is -2.48. The molecule has 0 bridgehead atoms. The highest BCUT2D eigenvalue weighted by Crippen LogP contribution is 2.46. The van der Waals surface area contributed by atoms with Crippen molar-refractivity contribution in [1.82, 2.24) is 19.6 Å². The van der Waals surface area contributed by atoms with E-state index in [1.165, 1.54) is 0 Å². The number of carbonyl (C=O) groups is 1. The topological polar surface area (TPSA) is 80.4 Å². The van der Waals surface area contributed by atoms with Crippen molar-refractivity contribution in [3.63, 3.8) is 0 Å². The highest BCUT2D eigenvalue weighted by molar-refractivity contribution is 5.82. The minimum absolute atomic E-state index is 0.0206. The van der Waals surface area contributed by atoms with E-state index >= 15 is 0 Å². The molecule has 0 radical (unpaired) electrons. The van der Waals surface area contributed by atoms with Crippen LogP contribution in [0.1, 0.15) is 42.3 Å². The highest BCUT2D eigenvalue weighted by atomic mass is 16.3. The Bertz CT molecular complexity index is 962. The average Bonchev–Trinajstić information content (AvgIpc) is 3.02. The first-order chi connectivity index (χ1) is 11.9. The summed E-state index contributed by atoms with van der Waals surface area (Å²) in [5.74, 6) is -0.290. The van der Waals surface area contributed by atoms with E-state index in [1.807, 2.05) is 41.7 Å². The van der Waals surface area contributed by atoms with Crippen LogP contribution in [0.2, 0.25) is 0 Å². The van der Waals surface area contributed by atoms with Gasteiger partial charge in [-0.1, -0.05) is 30.3 Å². The van der Waals surface area contributed by atoms with Crippen molar-refractivity contribution in [1.29, 1.82) is 0 Å². The molecular weight excluding hydrogens is 316 g/mol. The summed E-state index contributed by atoms with van der Waals surface area (Å²) in [5, 5.41) is 19.1. The Kier molecular flexibility index (Phi) is 3.47. The zero-order valence-corrected chi connectivity index (χ0v) is 14.5. The zero-order valence-electron chi connectivity index (χ0n) is 14.5. The number of hydrogen-bond donors (Lipinski definition) is 1. The summed E-state index contributed by atoms with van der Waals surface area (Å²) >= 11 is 0. The van der Waals surface area contributed by atoms with Crippen molar-refractivity contribution in [2.75, 3.05) is 0 Å². The molecule has 128 valence electrons. The molecule has 0 amide bonds. The second-order valence-electron chi connectivity index (χ2n) is 7.07. The van der Waals surface area contributed by atoms with Gasteiger partial charge in [-0.05, 0) is 26.3 Å². The maximum Gasteiger partial charge on any atom is 0.255 e. The van der Waals surface area contributed by atoms with Crippen LogP contribution in [0.3, 0.4) is 0 Å². The number of aliphatic hydroxyl groups is 1. The number of hydrogen-bond acceptors (Lipinski definition) is 5. The lowest BCUT2D eigenvalue weighted by atomic mass is 9.64. The van der Waals surface area contributed by atoms with Crippen LogP contribution in [0.4, 0.5) is 0 Å². The van der Waals surface area contributed by atoms with Crippen LogP contribution in [-0.4, -0.2) is 36.1 Å². The maximum atomic E-state index is 12.5. The lowest BCUT2D eigenvalue weighted by Gasteiger charge is -2.42. The number of Topliss-reactive ketones (excluding diaryl/α,β-unsaturated/α-hetero) is 1. The van der Waals surface area contributed by atoms with Gasteiger partial charge in [0, 0.05) is 23.6 Å². The Morgan fingerprint density at radius 3 is 2.72 bits per heavy atom. The Morgan fingerprint density at radius 1 is 1.32 bits per heavy atom. The van der Waals surface area contributed by atoms with E-state index in [0.29, 0.717) is 12.2 Å². The fourth-order valence-corrected chi connectivity index (χ4v) is 4.27. The molecule has 3 aromatic rings. The quantitative estimate of drug-likeness (QED) is 0.775. The smallest absolute Gasteiger partial charge is 0.255 e. The molecule has 6 heteroatoms. The van der Waals surface area contributed by atoms with E-state index in [4.69, 9.17) is 0 Å². The normalized spacial score (nSPS) is 25.8. The van der Waals surface area contributed by atoms with Gasteiger partial charge in [0.1, 0.15) is 12.1 Å². The van der Waals surface area contributed by atoms with E-state index in [-0.39, 0.29) is 11.7 Å². The number of ketones is 1. The summed E-state index contributed by atoms with van der Waals surface area (Å²) in [5.41, 5.74) is 2.57. The molecule has 2 heterocycles. The molecule has 25 heavy (non-hydrogen) atoms. The molecule has 1 N–H and O–H groups in total. The molecule has 1 aliphatic carbocycles. The summed E-state index contributed by atoms with van der Waals surface area (Å²) in [6.07, 6.45) is 1.95. The summed E-state index contributed by atoms with van der Waals surface area (Å²) < 4.78 is 1.84. The predicted octanol–water partition coefficient (Wildman–Crippen LogP) is 2.08. The van der Waals surface area contributed by atoms with Gasteiger partial charge in [0.15, 0.2) is 0 Å². The second kappa shape index (κ2) is 5.46. The predicted molar refractivity (Wildman–Crippen MR) is 92.3 cm³/mol. The fourth-order valence-electron chi connectivity index (χ4n) is 4.27. The minimum atomic E-state index is -1.17. The summed E-state index contributed by atoms with van der Waals surface area (Å²) in [6.45, 7) is 5.27. The molecule has 3 atom stereocenters. The van der Waals surface area contributed by atoms with Gasteiger partial charge >= 0.3 is 0 Å². The first-order valence-corrected chi connectivity index (χ1v) is 8.37. The van der Waals surface area contributed by atoms with Gasteiger partial charge in [-0.25, -0.2) is 4.98 Å². The minimum Gasteiger partial charge on any atom is -0.389 e. The lowest BCUT2D eigenvalue weighted by molar-refractivity contribution is -0.131. The molecule has 2 aromatic heterocycles. The number of nitrogens with zero attached hydrogens (tertiary/aromatic N) is 4. The average molecular weight is 336 g/mol. The van der Waals surface area contributed by atoms with Crippen molar-refractivity contribution < 1.29 is 9.90 Å². The zero-order chi connectivity index (χ0) is 17.8. The summed E-state index contributed by atoms with van der Waals surface area (Å²) in [6, 6.07) is 9.86. The van der Waals surface area contributed by atoms with Gasteiger partial charge in [0.05, 0.1) is 17.2 Å². The molecule has 1 aromatic carbocycles. The van der Waals surface area contributed by atoms with Crippen molar-refractivity contribution in [2.24, 2.45) is 5.92 Å². The van der Waals surface area contributed by atoms with Gasteiger partial charge in [-0.2, -0.15) is 0 Å². The second-order valence-corrected chi connectivity index (χ2v) is 7.07. The third-order valence-corrected chi connectivity index (χ3v) is 5.26. The van der Waals surface area contributed by atoms with E-state index in [9.17, 15) is 9.90 Å². The van der Waals surface area contributed by atoms with Crippen molar-refractivity contribution in [2.45, 2.75) is 38.7 Å². The van der Waals surface area contributed by atoms with Crippen molar-refractivity contribution in [3.05, 3.63) is 59.2 Å². The number of aryl methyl sites for hydroxylation is 1. The third-order valence-electron chi connectivity index (χ3n) is 5.26. The van der Waals surface area contributed by atoms with Crippen molar-refractivity contribution in [3.8, 4) is 0 Å². The first-order valence-electron chi connectivity index (χ1n) is 8.37. The number of benzene rings is 1. The maximum absolute atomic E-state index is 12.5. The molecular formula is C19H20N4O2. The van der Waals surface area contributed by atoms with E-state index in [2.05, 4.69) is 15.2 Å². The standard InChI is InChI=1S/C19H20N4O2/c1-11-15-14(21-18-22-20-10-23(11)18)9-19(3,25)17(12(2)24)16(15)13-7-5-4-6-8-13/h4-8,10,16-17,25H,9H2,1-3H3. The van der Waals surface area contributed by atoms with Crippen LogP contribution in [0.25, 0.3) is 5.78 Å². The Balaban J connectivity index is 2.06. The Morgan fingerprint density at radius 2 is 2.04 bits per heavy atom. The molecule has 0 aliphatic heterocycles. The Hall–Kier alpha value is -2.60. The molecule has 0 saturated heterocycles. The fraction of sp³-hybridized carbons (Fsp3) is 0.368. The summed E-state index contributed by atoms with van der Waals surface area (Å²) in [4.78, 5) is 17.1. The molecule has 0 spiro atoms. The van der Waals surface area contributed by atoms with Crippen LogP contribution < -0.4 is 0 Å². The molecule has 6 nitrogen and oxygen atoms in total. The van der Waals surface area contributed by atoms with Crippen LogP contribution in [0.5, 0.6) is 0 Å². The van der Waals surface area contributed by atoms with Crippen molar-refractivity contribution >= 4 is 11.6 Å². The number of fused-ring (bicyclic) bond motifs is 2. The number of rotatable bonds is 2. The molecule has 0 saturated carbocycles. The molecule has 4 rings (SSSR count). The molecule has 3 unspecified atom stereocenters. The van der Waals surface area contributed by atoms with E-state index in [1.54, 1.807) is 20.2 Å². The molecule has 0 fully saturated rings. The third kappa shape index (κ3) is 2.36. The number of aromatic nitrogens is 4.